The molecular weight excluding hydrogens is 266 g/mol. The fourth-order valence-electron chi connectivity index (χ4n) is 2.05. The van der Waals surface area contributed by atoms with Crippen LogP contribution in [0.15, 0.2) is 72.4 Å². The Kier molecular flexibility index (Phi) is 3.70. The largest absolute Gasteiger partial charge is 0.287 e. The van der Waals surface area contributed by atoms with Crippen LogP contribution < -0.4 is 4.57 Å². The first kappa shape index (κ1) is 12.8. The topological polar surface area (TPSA) is 20.9 Å². The molecule has 0 amide bonds. The first-order chi connectivity index (χ1) is 9.83. The van der Waals surface area contributed by atoms with Gasteiger partial charge in [-0.2, -0.15) is 4.57 Å². The minimum atomic E-state index is 0.132. The SMILES string of the molecule is O=C(C[n+]1csc(-c2ccccc2)c1)c1ccccc1. The lowest BCUT2D eigenvalue weighted by atomic mass is 10.1. The summed E-state index contributed by atoms with van der Waals surface area (Å²) >= 11 is 1.65. The van der Waals surface area contributed by atoms with E-state index in [9.17, 15) is 4.79 Å². The quantitative estimate of drug-likeness (QED) is 0.528. The van der Waals surface area contributed by atoms with E-state index in [0.717, 1.165) is 5.56 Å². The van der Waals surface area contributed by atoms with Crippen LogP contribution in [0.2, 0.25) is 0 Å². The molecule has 98 valence electrons. The third-order valence-electron chi connectivity index (χ3n) is 3.08. The highest BCUT2D eigenvalue weighted by molar-refractivity contribution is 7.12. The second-order valence-electron chi connectivity index (χ2n) is 4.54. The number of hydrogen-bond donors (Lipinski definition) is 0. The van der Waals surface area contributed by atoms with Gasteiger partial charge < -0.3 is 0 Å². The number of Topliss-reactive ketones (excluding diaryl/α,β-unsaturated/α-hetero) is 1. The number of aromatic nitrogens is 1. The Bertz CT molecular complexity index is 704. The Morgan fingerprint density at radius 3 is 2.30 bits per heavy atom. The van der Waals surface area contributed by atoms with E-state index in [1.807, 2.05) is 64.8 Å². The molecule has 0 radical (unpaired) electrons. The summed E-state index contributed by atoms with van der Waals surface area (Å²) < 4.78 is 1.95. The minimum Gasteiger partial charge on any atom is -0.287 e. The van der Waals surface area contributed by atoms with Crippen LogP contribution in [0.1, 0.15) is 10.4 Å². The molecule has 0 aliphatic carbocycles. The molecule has 0 unspecified atom stereocenters. The Labute approximate surface area is 122 Å². The van der Waals surface area contributed by atoms with Crippen molar-refractivity contribution in [2.75, 3.05) is 0 Å². The Balaban J connectivity index is 1.77. The van der Waals surface area contributed by atoms with Gasteiger partial charge in [-0.1, -0.05) is 72.0 Å². The van der Waals surface area contributed by atoms with Gasteiger partial charge in [-0.25, -0.2) is 0 Å². The van der Waals surface area contributed by atoms with Crippen LogP contribution in [-0.4, -0.2) is 5.78 Å². The Morgan fingerprint density at radius 2 is 1.60 bits per heavy atom. The van der Waals surface area contributed by atoms with Gasteiger partial charge in [0.2, 0.25) is 17.8 Å². The average Bonchev–Trinajstić information content (AvgIpc) is 2.97. The lowest BCUT2D eigenvalue weighted by Crippen LogP contribution is -2.35. The molecule has 0 spiro atoms. The van der Waals surface area contributed by atoms with Crippen LogP contribution in [0.5, 0.6) is 0 Å². The van der Waals surface area contributed by atoms with E-state index in [-0.39, 0.29) is 5.78 Å². The summed E-state index contributed by atoms with van der Waals surface area (Å²) in [6, 6.07) is 19.6. The summed E-state index contributed by atoms with van der Waals surface area (Å²) in [4.78, 5) is 13.3. The van der Waals surface area contributed by atoms with E-state index in [1.54, 1.807) is 11.3 Å². The fraction of sp³-hybridized carbons (Fsp3) is 0.0588. The lowest BCUT2D eigenvalue weighted by molar-refractivity contribution is -0.677. The van der Waals surface area contributed by atoms with Crippen LogP contribution in [0.3, 0.4) is 0 Å². The van der Waals surface area contributed by atoms with Crippen molar-refractivity contribution in [3.63, 3.8) is 0 Å². The van der Waals surface area contributed by atoms with Crippen molar-refractivity contribution in [1.82, 2.24) is 0 Å². The number of carbonyl (C=O) groups excluding carboxylic acids is 1. The van der Waals surface area contributed by atoms with Gasteiger partial charge in [0.15, 0.2) is 6.20 Å². The smallest absolute Gasteiger partial charge is 0.227 e. The van der Waals surface area contributed by atoms with Crippen molar-refractivity contribution in [2.24, 2.45) is 0 Å². The molecule has 0 atom stereocenters. The van der Waals surface area contributed by atoms with Gasteiger partial charge in [0, 0.05) is 5.56 Å². The molecule has 0 N–H and O–H groups in total. The first-order valence-corrected chi connectivity index (χ1v) is 7.32. The number of benzene rings is 2. The van der Waals surface area contributed by atoms with E-state index in [1.165, 1.54) is 10.4 Å². The van der Waals surface area contributed by atoms with Crippen LogP contribution in [-0.2, 0) is 6.54 Å². The molecule has 0 aliphatic rings. The summed E-state index contributed by atoms with van der Waals surface area (Å²) in [7, 11) is 0. The highest BCUT2D eigenvalue weighted by Gasteiger charge is 2.14. The normalized spacial score (nSPS) is 10.4. The van der Waals surface area contributed by atoms with Crippen molar-refractivity contribution in [3.05, 3.63) is 77.9 Å². The summed E-state index contributed by atoms with van der Waals surface area (Å²) in [6.07, 6.45) is 2.03. The van der Waals surface area contributed by atoms with Gasteiger partial charge >= 0.3 is 0 Å². The molecule has 3 rings (SSSR count). The zero-order chi connectivity index (χ0) is 13.8. The summed E-state index contributed by atoms with van der Waals surface area (Å²) in [5, 5.41) is 0. The van der Waals surface area contributed by atoms with Gasteiger partial charge in [0.05, 0.1) is 0 Å². The summed E-state index contributed by atoms with van der Waals surface area (Å²) in [5.41, 5.74) is 3.93. The monoisotopic (exact) mass is 280 g/mol. The maximum Gasteiger partial charge on any atom is 0.227 e. The molecule has 0 bridgehead atoms. The molecule has 0 saturated heterocycles. The van der Waals surface area contributed by atoms with E-state index in [2.05, 4.69) is 12.1 Å². The second-order valence-corrected chi connectivity index (χ2v) is 5.43. The van der Waals surface area contributed by atoms with E-state index < -0.39 is 0 Å². The molecule has 3 aromatic rings. The van der Waals surface area contributed by atoms with Gasteiger partial charge in [-0.15, -0.1) is 0 Å². The van der Waals surface area contributed by atoms with Gasteiger partial charge in [0.25, 0.3) is 0 Å². The molecule has 0 aliphatic heterocycles. The zero-order valence-electron chi connectivity index (χ0n) is 10.9. The Morgan fingerprint density at radius 1 is 0.950 bits per heavy atom. The molecule has 0 fully saturated rings. The number of thiazole rings is 1. The van der Waals surface area contributed by atoms with Gasteiger partial charge in [-0.05, 0) is 5.56 Å². The third kappa shape index (κ3) is 2.83. The number of nitrogens with zero attached hydrogens (tertiary/aromatic N) is 1. The molecule has 1 aromatic heterocycles. The summed E-state index contributed by atoms with van der Waals surface area (Å²) in [6.45, 7) is 0.382. The molecule has 0 saturated carbocycles. The zero-order valence-corrected chi connectivity index (χ0v) is 11.7. The molecule has 2 aromatic carbocycles. The Hall–Kier alpha value is -2.26. The van der Waals surface area contributed by atoms with Crippen molar-refractivity contribution in [2.45, 2.75) is 6.54 Å². The number of hydrogen-bond acceptors (Lipinski definition) is 2. The van der Waals surface area contributed by atoms with E-state index in [0.29, 0.717) is 6.54 Å². The van der Waals surface area contributed by atoms with Crippen LogP contribution in [0.25, 0.3) is 10.4 Å². The van der Waals surface area contributed by atoms with E-state index in [4.69, 9.17) is 0 Å². The van der Waals surface area contributed by atoms with Crippen molar-refractivity contribution in [3.8, 4) is 10.4 Å². The lowest BCUT2D eigenvalue weighted by Gasteiger charge is -1.95. The third-order valence-corrected chi connectivity index (χ3v) is 4.05. The number of rotatable bonds is 4. The highest BCUT2D eigenvalue weighted by atomic mass is 32.1. The maximum absolute atomic E-state index is 12.1. The van der Waals surface area contributed by atoms with Crippen LogP contribution >= 0.6 is 11.3 Å². The molecule has 1 heterocycles. The van der Waals surface area contributed by atoms with E-state index >= 15 is 0 Å². The fourth-order valence-corrected chi connectivity index (χ4v) is 2.90. The molecular formula is C17H14NOS+. The van der Waals surface area contributed by atoms with Crippen molar-refractivity contribution < 1.29 is 9.36 Å². The van der Waals surface area contributed by atoms with Gasteiger partial charge in [0.1, 0.15) is 4.88 Å². The van der Waals surface area contributed by atoms with Crippen LogP contribution in [0.4, 0.5) is 0 Å². The highest BCUT2D eigenvalue weighted by Crippen LogP contribution is 2.21. The molecule has 3 heteroatoms. The standard InChI is InChI=1S/C17H14NOS/c19-16(14-7-3-1-4-8-14)11-18-12-17(20-13-18)15-9-5-2-6-10-15/h1-10,12-13H,11H2/q+1. The predicted octanol–water partition coefficient (Wildman–Crippen LogP) is 3.59. The van der Waals surface area contributed by atoms with Crippen molar-refractivity contribution in [1.29, 1.82) is 0 Å². The second kappa shape index (κ2) is 5.80. The van der Waals surface area contributed by atoms with Gasteiger partial charge in [-0.3, -0.25) is 4.79 Å². The molecule has 2 nitrogen and oxygen atoms in total. The predicted molar refractivity (Wildman–Crippen MR) is 80.7 cm³/mol. The number of carbonyl (C=O) groups is 1. The molecule has 20 heavy (non-hydrogen) atoms. The maximum atomic E-state index is 12.1. The van der Waals surface area contributed by atoms with Crippen LogP contribution in [0, 0.1) is 0 Å². The summed E-state index contributed by atoms with van der Waals surface area (Å²) in [5.74, 6) is 0.132. The minimum absolute atomic E-state index is 0.132. The van der Waals surface area contributed by atoms with Crippen molar-refractivity contribution >= 4 is 17.1 Å². The number of ketones is 1. The first-order valence-electron chi connectivity index (χ1n) is 6.44. The average molecular weight is 280 g/mol.